The van der Waals surface area contributed by atoms with Gasteiger partial charge in [0, 0.05) is 36.3 Å². The van der Waals surface area contributed by atoms with Crippen LogP contribution in [-0.4, -0.2) is 43.4 Å². The highest BCUT2D eigenvalue weighted by molar-refractivity contribution is 9.11. The van der Waals surface area contributed by atoms with E-state index in [2.05, 4.69) is 35.1 Å². The van der Waals surface area contributed by atoms with Crippen LogP contribution in [0.25, 0.3) is 0 Å². The normalized spacial score (nSPS) is 18.1. The highest BCUT2D eigenvalue weighted by Gasteiger charge is 2.28. The Hall–Kier alpha value is 0.400. The highest BCUT2D eigenvalue weighted by Crippen LogP contribution is 2.34. The third-order valence-corrected chi connectivity index (χ3v) is 8.39. The Kier molecular flexibility index (Phi) is 6.58. The standard InChI is InChI=1S/C13H21BrN2O2S3/c1-10(2)15-9-11-8-12(13(14)20-11)21(17,18)16-4-3-6-19-7-5-16/h8,10,15H,3-7,9H2,1-2H3. The van der Waals surface area contributed by atoms with Crippen LogP contribution in [0.15, 0.2) is 14.7 Å². The van der Waals surface area contributed by atoms with Gasteiger partial charge in [0.2, 0.25) is 10.0 Å². The maximum Gasteiger partial charge on any atom is 0.245 e. The Balaban J connectivity index is 2.19. The summed E-state index contributed by atoms with van der Waals surface area (Å²) in [5.74, 6) is 1.92. The lowest BCUT2D eigenvalue weighted by Crippen LogP contribution is -2.33. The molecule has 0 radical (unpaired) electrons. The summed E-state index contributed by atoms with van der Waals surface area (Å²) in [7, 11) is -3.38. The SMILES string of the molecule is CC(C)NCc1cc(S(=O)(=O)N2CCCSCC2)c(Br)s1. The Labute approximate surface area is 143 Å². The Morgan fingerprint density at radius 1 is 1.38 bits per heavy atom. The molecule has 1 aromatic heterocycles. The van der Waals surface area contributed by atoms with Crippen molar-refractivity contribution in [3.8, 4) is 0 Å². The van der Waals surface area contributed by atoms with Crippen molar-refractivity contribution >= 4 is 49.1 Å². The summed E-state index contributed by atoms with van der Waals surface area (Å²) in [4.78, 5) is 1.46. The lowest BCUT2D eigenvalue weighted by molar-refractivity contribution is 0.435. The molecule has 1 saturated heterocycles. The van der Waals surface area contributed by atoms with E-state index in [0.717, 1.165) is 22.8 Å². The minimum Gasteiger partial charge on any atom is -0.310 e. The van der Waals surface area contributed by atoms with Crippen LogP contribution in [0.5, 0.6) is 0 Å². The van der Waals surface area contributed by atoms with Gasteiger partial charge in [0.1, 0.15) is 4.90 Å². The van der Waals surface area contributed by atoms with Crippen LogP contribution in [0.1, 0.15) is 25.1 Å². The van der Waals surface area contributed by atoms with Crippen molar-refractivity contribution < 1.29 is 8.42 Å². The van der Waals surface area contributed by atoms with E-state index >= 15 is 0 Å². The predicted octanol–water partition coefficient (Wildman–Crippen LogP) is 3.14. The van der Waals surface area contributed by atoms with E-state index in [1.165, 1.54) is 11.3 Å². The van der Waals surface area contributed by atoms with E-state index in [-0.39, 0.29) is 0 Å². The van der Waals surface area contributed by atoms with E-state index in [1.54, 1.807) is 10.4 Å². The molecular formula is C13H21BrN2O2S3. The van der Waals surface area contributed by atoms with Crippen molar-refractivity contribution in [1.82, 2.24) is 9.62 Å². The van der Waals surface area contributed by atoms with Crippen LogP contribution in [0.2, 0.25) is 0 Å². The Bertz CT molecular complexity index is 564. The van der Waals surface area contributed by atoms with Crippen LogP contribution >= 0.6 is 39.0 Å². The first-order valence-corrected chi connectivity index (χ1v) is 11.2. The van der Waals surface area contributed by atoms with Crippen molar-refractivity contribution in [2.75, 3.05) is 24.6 Å². The molecule has 120 valence electrons. The summed E-state index contributed by atoms with van der Waals surface area (Å²) in [5, 5.41) is 3.32. The van der Waals surface area contributed by atoms with Crippen molar-refractivity contribution in [3.63, 3.8) is 0 Å². The number of sulfonamides is 1. The van der Waals surface area contributed by atoms with Crippen molar-refractivity contribution in [2.24, 2.45) is 0 Å². The van der Waals surface area contributed by atoms with E-state index in [4.69, 9.17) is 0 Å². The molecule has 0 unspecified atom stereocenters. The number of halogens is 1. The molecule has 0 saturated carbocycles. The monoisotopic (exact) mass is 412 g/mol. The zero-order chi connectivity index (χ0) is 15.5. The molecule has 1 N–H and O–H groups in total. The number of rotatable bonds is 5. The molecule has 1 aliphatic rings. The zero-order valence-corrected chi connectivity index (χ0v) is 16.3. The first kappa shape index (κ1) is 17.7. The Morgan fingerprint density at radius 2 is 2.14 bits per heavy atom. The summed E-state index contributed by atoms with van der Waals surface area (Å²) in [6, 6.07) is 2.19. The average Bonchev–Trinajstić information content (AvgIpc) is 2.64. The number of hydrogen-bond acceptors (Lipinski definition) is 5. The Morgan fingerprint density at radius 3 is 2.86 bits per heavy atom. The topological polar surface area (TPSA) is 49.4 Å². The number of thioether (sulfide) groups is 1. The molecule has 2 rings (SSSR count). The molecular weight excluding hydrogens is 392 g/mol. The van der Waals surface area contributed by atoms with E-state index in [1.807, 2.05) is 11.8 Å². The molecule has 0 spiro atoms. The van der Waals surface area contributed by atoms with Gasteiger partial charge < -0.3 is 5.32 Å². The molecule has 21 heavy (non-hydrogen) atoms. The molecule has 0 aromatic carbocycles. The predicted molar refractivity (Wildman–Crippen MR) is 94.7 cm³/mol. The van der Waals surface area contributed by atoms with Gasteiger partial charge in [-0.2, -0.15) is 16.1 Å². The quantitative estimate of drug-likeness (QED) is 0.806. The lowest BCUT2D eigenvalue weighted by atomic mass is 10.4. The molecule has 0 bridgehead atoms. The highest BCUT2D eigenvalue weighted by atomic mass is 79.9. The van der Waals surface area contributed by atoms with Crippen molar-refractivity contribution in [3.05, 3.63) is 14.7 Å². The van der Waals surface area contributed by atoms with Gasteiger partial charge >= 0.3 is 0 Å². The largest absolute Gasteiger partial charge is 0.310 e. The third kappa shape index (κ3) is 4.68. The zero-order valence-electron chi connectivity index (χ0n) is 12.3. The van der Waals surface area contributed by atoms with E-state index in [0.29, 0.717) is 34.4 Å². The number of nitrogens with one attached hydrogen (secondary N) is 1. The molecule has 0 aliphatic carbocycles. The van der Waals surface area contributed by atoms with E-state index < -0.39 is 10.0 Å². The number of nitrogens with zero attached hydrogens (tertiary/aromatic N) is 1. The maximum absolute atomic E-state index is 12.8. The summed E-state index contributed by atoms with van der Waals surface area (Å²) in [5.41, 5.74) is 0. The second kappa shape index (κ2) is 7.79. The van der Waals surface area contributed by atoms with Crippen LogP contribution in [0, 0.1) is 0 Å². The van der Waals surface area contributed by atoms with Gasteiger partial charge in [-0.05, 0) is 34.2 Å². The fourth-order valence-corrected chi connectivity index (χ4v) is 7.13. The van der Waals surface area contributed by atoms with Gasteiger partial charge in [-0.25, -0.2) is 8.42 Å². The van der Waals surface area contributed by atoms with E-state index in [9.17, 15) is 8.42 Å². The molecule has 8 heteroatoms. The third-order valence-electron chi connectivity index (χ3n) is 3.19. The molecule has 0 amide bonds. The van der Waals surface area contributed by atoms with Crippen molar-refractivity contribution in [1.29, 1.82) is 0 Å². The first-order valence-electron chi connectivity index (χ1n) is 7.00. The van der Waals surface area contributed by atoms with Gasteiger partial charge in [-0.3, -0.25) is 0 Å². The molecule has 1 fully saturated rings. The van der Waals surface area contributed by atoms with Gasteiger partial charge in [-0.15, -0.1) is 11.3 Å². The first-order chi connectivity index (χ1) is 9.91. The fourth-order valence-electron chi connectivity index (χ4n) is 2.07. The van der Waals surface area contributed by atoms with Crippen LogP contribution in [0.3, 0.4) is 0 Å². The smallest absolute Gasteiger partial charge is 0.245 e. The average molecular weight is 413 g/mol. The van der Waals surface area contributed by atoms with Crippen molar-refractivity contribution in [2.45, 2.75) is 37.8 Å². The fraction of sp³-hybridized carbons (Fsp3) is 0.692. The summed E-state index contributed by atoms with van der Waals surface area (Å²) >= 11 is 6.75. The molecule has 0 atom stereocenters. The second-order valence-corrected chi connectivity index (χ2v) is 10.8. The van der Waals surface area contributed by atoms with Crippen LogP contribution < -0.4 is 5.32 Å². The summed E-state index contributed by atoms with van der Waals surface area (Å²) in [6.45, 7) is 6.09. The summed E-state index contributed by atoms with van der Waals surface area (Å²) < 4.78 is 27.9. The number of thiophene rings is 1. The van der Waals surface area contributed by atoms with Crippen LogP contribution in [-0.2, 0) is 16.6 Å². The maximum atomic E-state index is 12.8. The lowest BCUT2D eigenvalue weighted by Gasteiger charge is -2.19. The minimum atomic E-state index is -3.38. The molecule has 1 aliphatic heterocycles. The second-order valence-electron chi connectivity index (χ2n) is 5.26. The molecule has 2 heterocycles. The molecule has 1 aromatic rings. The van der Waals surface area contributed by atoms with Gasteiger partial charge in [0.15, 0.2) is 0 Å². The van der Waals surface area contributed by atoms with Gasteiger partial charge in [0.25, 0.3) is 0 Å². The van der Waals surface area contributed by atoms with Gasteiger partial charge in [-0.1, -0.05) is 13.8 Å². The minimum absolute atomic E-state index is 0.383. The molecule has 4 nitrogen and oxygen atoms in total. The van der Waals surface area contributed by atoms with Crippen LogP contribution in [0.4, 0.5) is 0 Å². The summed E-state index contributed by atoms with van der Waals surface area (Å²) in [6.07, 6.45) is 0.924. The number of hydrogen-bond donors (Lipinski definition) is 1. The van der Waals surface area contributed by atoms with Gasteiger partial charge in [0.05, 0.1) is 3.79 Å².